The van der Waals surface area contributed by atoms with Crippen molar-refractivity contribution in [1.82, 2.24) is 0 Å². The lowest BCUT2D eigenvalue weighted by atomic mass is 10.1. The summed E-state index contributed by atoms with van der Waals surface area (Å²) in [6, 6.07) is 6.16. The average molecular weight is 219 g/mol. The highest BCUT2D eigenvalue weighted by Gasteiger charge is 2.16. The SMILES string of the molecule is COc1ccc(N2CCC(=O)CC2)cc1C. The summed E-state index contributed by atoms with van der Waals surface area (Å²) in [4.78, 5) is 13.4. The van der Waals surface area contributed by atoms with E-state index in [0.717, 1.165) is 24.4 Å². The Balaban J connectivity index is 2.15. The van der Waals surface area contributed by atoms with Crippen LogP contribution in [-0.4, -0.2) is 26.0 Å². The van der Waals surface area contributed by atoms with Gasteiger partial charge in [0.05, 0.1) is 7.11 Å². The Morgan fingerprint density at radius 3 is 2.50 bits per heavy atom. The molecule has 0 bridgehead atoms. The minimum Gasteiger partial charge on any atom is -0.496 e. The standard InChI is InChI=1S/C13H17NO2/c1-10-9-11(3-4-13(10)16-2)14-7-5-12(15)6-8-14/h3-4,9H,5-8H2,1-2H3. The molecule has 1 fully saturated rings. The molecule has 0 N–H and O–H groups in total. The molecule has 0 atom stereocenters. The maximum absolute atomic E-state index is 11.2. The Kier molecular flexibility index (Phi) is 3.13. The van der Waals surface area contributed by atoms with Crippen LogP contribution < -0.4 is 9.64 Å². The van der Waals surface area contributed by atoms with Gasteiger partial charge in [-0.2, -0.15) is 0 Å². The molecular formula is C13H17NO2. The van der Waals surface area contributed by atoms with E-state index in [0.29, 0.717) is 18.6 Å². The third-order valence-corrected chi connectivity index (χ3v) is 3.06. The van der Waals surface area contributed by atoms with Gasteiger partial charge in [0, 0.05) is 31.6 Å². The summed E-state index contributed by atoms with van der Waals surface area (Å²) < 4.78 is 5.23. The van der Waals surface area contributed by atoms with Gasteiger partial charge in [0.25, 0.3) is 0 Å². The number of hydrogen-bond donors (Lipinski definition) is 0. The molecule has 1 aromatic carbocycles. The summed E-state index contributed by atoms with van der Waals surface area (Å²) in [5, 5.41) is 0. The topological polar surface area (TPSA) is 29.5 Å². The van der Waals surface area contributed by atoms with E-state index in [1.807, 2.05) is 13.0 Å². The number of benzene rings is 1. The van der Waals surface area contributed by atoms with Crippen molar-refractivity contribution >= 4 is 11.5 Å². The summed E-state index contributed by atoms with van der Waals surface area (Å²) in [7, 11) is 1.68. The van der Waals surface area contributed by atoms with Gasteiger partial charge in [0.15, 0.2) is 0 Å². The molecule has 3 nitrogen and oxygen atoms in total. The van der Waals surface area contributed by atoms with Crippen molar-refractivity contribution in [1.29, 1.82) is 0 Å². The first-order valence-electron chi connectivity index (χ1n) is 5.62. The second kappa shape index (κ2) is 4.56. The average Bonchev–Trinajstić information content (AvgIpc) is 2.30. The zero-order valence-electron chi connectivity index (χ0n) is 9.82. The molecule has 0 unspecified atom stereocenters. The lowest BCUT2D eigenvalue weighted by Gasteiger charge is -2.28. The van der Waals surface area contributed by atoms with E-state index in [-0.39, 0.29) is 0 Å². The molecule has 86 valence electrons. The normalized spacial score (nSPS) is 16.4. The number of carbonyl (C=O) groups is 1. The highest BCUT2D eigenvalue weighted by molar-refractivity contribution is 5.81. The molecule has 16 heavy (non-hydrogen) atoms. The van der Waals surface area contributed by atoms with E-state index >= 15 is 0 Å². The number of methoxy groups -OCH3 is 1. The quantitative estimate of drug-likeness (QED) is 0.763. The van der Waals surface area contributed by atoms with Crippen molar-refractivity contribution in [2.24, 2.45) is 0 Å². The minimum atomic E-state index is 0.376. The predicted octanol–water partition coefficient (Wildman–Crippen LogP) is 2.17. The maximum Gasteiger partial charge on any atom is 0.136 e. The summed E-state index contributed by atoms with van der Waals surface area (Å²) in [5.41, 5.74) is 2.32. The third-order valence-electron chi connectivity index (χ3n) is 3.06. The van der Waals surface area contributed by atoms with Crippen LogP contribution in [0.2, 0.25) is 0 Å². The molecule has 0 aliphatic carbocycles. The van der Waals surface area contributed by atoms with Crippen LogP contribution in [0.25, 0.3) is 0 Å². The van der Waals surface area contributed by atoms with Crippen molar-refractivity contribution < 1.29 is 9.53 Å². The monoisotopic (exact) mass is 219 g/mol. The molecule has 1 aliphatic rings. The van der Waals surface area contributed by atoms with Gasteiger partial charge in [-0.1, -0.05) is 0 Å². The predicted molar refractivity (Wildman–Crippen MR) is 64.2 cm³/mol. The molecule has 2 rings (SSSR count). The smallest absolute Gasteiger partial charge is 0.136 e. The van der Waals surface area contributed by atoms with E-state index in [4.69, 9.17) is 4.74 Å². The van der Waals surface area contributed by atoms with Gasteiger partial charge in [-0.15, -0.1) is 0 Å². The molecule has 1 saturated heterocycles. The van der Waals surface area contributed by atoms with Crippen LogP contribution in [0.4, 0.5) is 5.69 Å². The Morgan fingerprint density at radius 1 is 1.25 bits per heavy atom. The van der Waals surface area contributed by atoms with Crippen molar-refractivity contribution in [3.63, 3.8) is 0 Å². The lowest BCUT2D eigenvalue weighted by Crippen LogP contribution is -2.33. The first-order valence-corrected chi connectivity index (χ1v) is 5.62. The fourth-order valence-electron chi connectivity index (χ4n) is 2.07. The molecular weight excluding hydrogens is 202 g/mol. The van der Waals surface area contributed by atoms with Gasteiger partial charge >= 0.3 is 0 Å². The molecule has 1 aliphatic heterocycles. The number of hydrogen-bond acceptors (Lipinski definition) is 3. The van der Waals surface area contributed by atoms with Gasteiger partial charge in [-0.05, 0) is 30.7 Å². The summed E-state index contributed by atoms with van der Waals surface area (Å²) >= 11 is 0. The number of Topliss-reactive ketones (excluding diaryl/α,β-unsaturated/α-hetero) is 1. The Hall–Kier alpha value is -1.51. The fraction of sp³-hybridized carbons (Fsp3) is 0.462. The van der Waals surface area contributed by atoms with Crippen LogP contribution in [0.5, 0.6) is 5.75 Å². The van der Waals surface area contributed by atoms with Gasteiger partial charge in [0.2, 0.25) is 0 Å². The van der Waals surface area contributed by atoms with Crippen molar-refractivity contribution in [2.75, 3.05) is 25.1 Å². The number of ketones is 1. The molecule has 0 radical (unpaired) electrons. The van der Waals surface area contributed by atoms with Crippen molar-refractivity contribution in [3.8, 4) is 5.75 Å². The first kappa shape index (κ1) is 11.0. The number of nitrogens with zero attached hydrogens (tertiary/aromatic N) is 1. The van der Waals surface area contributed by atoms with E-state index in [2.05, 4.69) is 17.0 Å². The summed E-state index contributed by atoms with van der Waals surface area (Å²) in [6.45, 7) is 3.71. The van der Waals surface area contributed by atoms with Gasteiger partial charge in [-0.3, -0.25) is 4.79 Å². The zero-order chi connectivity index (χ0) is 11.5. The van der Waals surface area contributed by atoms with Crippen LogP contribution in [0.3, 0.4) is 0 Å². The van der Waals surface area contributed by atoms with E-state index in [9.17, 15) is 4.79 Å². The second-order valence-corrected chi connectivity index (χ2v) is 4.18. The highest BCUT2D eigenvalue weighted by atomic mass is 16.5. The molecule has 0 saturated carbocycles. The first-order chi connectivity index (χ1) is 7.70. The second-order valence-electron chi connectivity index (χ2n) is 4.18. The minimum absolute atomic E-state index is 0.376. The third kappa shape index (κ3) is 2.18. The number of carbonyl (C=O) groups excluding carboxylic acids is 1. The van der Waals surface area contributed by atoms with Gasteiger partial charge in [-0.25, -0.2) is 0 Å². The number of anilines is 1. The molecule has 0 spiro atoms. The Morgan fingerprint density at radius 2 is 1.94 bits per heavy atom. The van der Waals surface area contributed by atoms with Crippen LogP contribution >= 0.6 is 0 Å². The van der Waals surface area contributed by atoms with Crippen molar-refractivity contribution in [2.45, 2.75) is 19.8 Å². The van der Waals surface area contributed by atoms with Crippen LogP contribution in [0.15, 0.2) is 18.2 Å². The molecule has 1 heterocycles. The fourth-order valence-corrected chi connectivity index (χ4v) is 2.07. The lowest BCUT2D eigenvalue weighted by molar-refractivity contribution is -0.119. The molecule has 1 aromatic rings. The highest BCUT2D eigenvalue weighted by Crippen LogP contribution is 2.25. The zero-order valence-corrected chi connectivity index (χ0v) is 9.82. The van der Waals surface area contributed by atoms with Gasteiger partial charge in [0.1, 0.15) is 11.5 Å². The Bertz CT molecular complexity index is 391. The van der Waals surface area contributed by atoms with Crippen LogP contribution in [0, 0.1) is 6.92 Å². The largest absolute Gasteiger partial charge is 0.496 e. The maximum atomic E-state index is 11.2. The number of rotatable bonds is 2. The van der Waals surface area contributed by atoms with Crippen molar-refractivity contribution in [3.05, 3.63) is 23.8 Å². The Labute approximate surface area is 96.0 Å². The molecule has 0 aromatic heterocycles. The van der Waals surface area contributed by atoms with E-state index in [1.54, 1.807) is 7.11 Å². The van der Waals surface area contributed by atoms with E-state index < -0.39 is 0 Å². The molecule has 0 amide bonds. The summed E-state index contributed by atoms with van der Waals surface area (Å²) in [5.74, 6) is 1.29. The van der Waals surface area contributed by atoms with Crippen LogP contribution in [0.1, 0.15) is 18.4 Å². The van der Waals surface area contributed by atoms with E-state index in [1.165, 1.54) is 5.69 Å². The van der Waals surface area contributed by atoms with Crippen LogP contribution in [-0.2, 0) is 4.79 Å². The number of piperidine rings is 1. The van der Waals surface area contributed by atoms with Gasteiger partial charge < -0.3 is 9.64 Å². The number of ether oxygens (including phenoxy) is 1. The molecule has 3 heteroatoms. The number of aryl methyl sites for hydroxylation is 1. The summed E-state index contributed by atoms with van der Waals surface area (Å²) in [6.07, 6.45) is 1.34.